The molecule has 0 radical (unpaired) electrons. The lowest BCUT2D eigenvalue weighted by atomic mass is 9.98. The Kier molecular flexibility index (Phi) is 12.3. The monoisotopic (exact) mass is 725 g/mol. The quantitative estimate of drug-likeness (QED) is 0.117. The number of nitrogens with zero attached hydrogens (tertiary/aromatic N) is 1. The molecule has 0 unspecified atom stereocenters. The van der Waals surface area contributed by atoms with E-state index in [2.05, 4.69) is 12.1 Å². The van der Waals surface area contributed by atoms with Crippen molar-refractivity contribution in [2.75, 3.05) is 19.8 Å². The normalized spacial score (nSPS) is 20.8. The minimum atomic E-state index is -1.55. The first-order valence-electron chi connectivity index (χ1n) is 17.6. The average Bonchev–Trinajstić information content (AvgIpc) is 3.50. The number of aliphatic hydroxyl groups excluding tert-OH is 2. The molecule has 11 heteroatoms. The molecule has 4 aromatic carbocycles. The van der Waals surface area contributed by atoms with Gasteiger partial charge < -0.3 is 29.2 Å². The lowest BCUT2D eigenvalue weighted by Gasteiger charge is -2.43. The third-order valence-electron chi connectivity index (χ3n) is 9.57. The van der Waals surface area contributed by atoms with Crippen molar-refractivity contribution in [2.24, 2.45) is 0 Å². The van der Waals surface area contributed by atoms with Crippen molar-refractivity contribution in [1.29, 1.82) is 0 Å². The van der Waals surface area contributed by atoms with E-state index in [-0.39, 0.29) is 24.1 Å². The van der Waals surface area contributed by atoms with Crippen LogP contribution in [0.3, 0.4) is 0 Å². The fraction of sp³-hybridized carbons (Fsp3) is 0.341. The second kappa shape index (κ2) is 17.2. The molecule has 0 bridgehead atoms. The molecule has 1 saturated heterocycles. The van der Waals surface area contributed by atoms with E-state index < -0.39 is 61.0 Å². The van der Waals surface area contributed by atoms with Crippen molar-refractivity contribution in [1.82, 2.24) is 4.90 Å². The van der Waals surface area contributed by atoms with Gasteiger partial charge in [0.05, 0.1) is 12.2 Å². The molecule has 5 atom stereocenters. The number of hydrogen-bond acceptors (Lipinski definition) is 10. The number of benzene rings is 4. The highest BCUT2D eigenvalue weighted by atomic mass is 32.2. The molecular weight excluding hydrogens is 683 g/mol. The molecule has 1 heterocycles. The molecule has 1 amide bonds. The second-order valence-corrected chi connectivity index (χ2v) is 13.9. The Bertz CT molecular complexity index is 1770. The second-order valence-electron chi connectivity index (χ2n) is 12.7. The minimum absolute atomic E-state index is 0.0747. The third kappa shape index (κ3) is 8.18. The Labute approximate surface area is 307 Å². The molecule has 6 rings (SSSR count). The van der Waals surface area contributed by atoms with Gasteiger partial charge in [-0.3, -0.25) is 9.69 Å². The van der Waals surface area contributed by atoms with E-state index in [4.69, 9.17) is 18.9 Å². The van der Waals surface area contributed by atoms with Gasteiger partial charge in [-0.2, -0.15) is 0 Å². The van der Waals surface area contributed by atoms with Crippen LogP contribution in [0.1, 0.15) is 54.1 Å². The van der Waals surface area contributed by atoms with Crippen molar-refractivity contribution in [3.05, 3.63) is 126 Å². The van der Waals surface area contributed by atoms with Gasteiger partial charge >= 0.3 is 18.0 Å². The molecule has 10 nitrogen and oxygen atoms in total. The SMILES string of the molecule is CCC(CC)N(CC(=O)O[C@H]1[C@@H](O)[C@@H](CO)O[C@@H](Sc2ccccc2)[C@@H]1OC(=O)c1ccccc1)C(=O)OCC1c2ccccc2-c2ccccc21. The average molecular weight is 726 g/mol. The van der Waals surface area contributed by atoms with Crippen LogP contribution in [0, 0.1) is 0 Å². The molecule has 2 aliphatic rings. The zero-order valence-electron chi connectivity index (χ0n) is 29.1. The molecule has 272 valence electrons. The van der Waals surface area contributed by atoms with Crippen LogP contribution in [0.4, 0.5) is 4.79 Å². The predicted octanol–water partition coefficient (Wildman–Crippen LogP) is 6.43. The molecule has 1 aliphatic heterocycles. The van der Waals surface area contributed by atoms with Gasteiger partial charge in [-0.05, 0) is 59.4 Å². The maximum Gasteiger partial charge on any atom is 0.410 e. The van der Waals surface area contributed by atoms with Crippen molar-refractivity contribution in [2.45, 2.75) is 73.4 Å². The van der Waals surface area contributed by atoms with Crippen LogP contribution in [0.5, 0.6) is 0 Å². The van der Waals surface area contributed by atoms with Gasteiger partial charge in [-0.15, -0.1) is 0 Å². The molecule has 1 aliphatic carbocycles. The number of thioether (sulfide) groups is 1. The van der Waals surface area contributed by atoms with E-state index in [0.29, 0.717) is 12.8 Å². The van der Waals surface area contributed by atoms with Crippen LogP contribution < -0.4 is 0 Å². The smallest absolute Gasteiger partial charge is 0.410 e. The maximum absolute atomic E-state index is 13.8. The van der Waals surface area contributed by atoms with E-state index in [1.807, 2.05) is 80.6 Å². The van der Waals surface area contributed by atoms with Crippen LogP contribution in [-0.2, 0) is 23.7 Å². The lowest BCUT2D eigenvalue weighted by molar-refractivity contribution is -0.221. The Morgan fingerprint density at radius 3 is 1.96 bits per heavy atom. The van der Waals surface area contributed by atoms with Gasteiger partial charge in [-0.1, -0.05) is 111 Å². The summed E-state index contributed by atoms with van der Waals surface area (Å²) in [4.78, 5) is 43.1. The zero-order chi connectivity index (χ0) is 36.6. The van der Waals surface area contributed by atoms with Gasteiger partial charge in [0, 0.05) is 16.9 Å². The summed E-state index contributed by atoms with van der Waals surface area (Å²) in [5.74, 6) is -1.72. The molecule has 4 aromatic rings. The summed E-state index contributed by atoms with van der Waals surface area (Å²) in [6.45, 7) is 2.85. The molecular formula is C41H43NO9S. The summed E-state index contributed by atoms with van der Waals surface area (Å²) < 4.78 is 23.8. The maximum atomic E-state index is 13.8. The van der Waals surface area contributed by atoms with Crippen LogP contribution in [0.15, 0.2) is 114 Å². The van der Waals surface area contributed by atoms with Gasteiger partial charge in [0.2, 0.25) is 0 Å². The van der Waals surface area contributed by atoms with Crippen molar-refractivity contribution in [3.63, 3.8) is 0 Å². The molecule has 1 fully saturated rings. The molecule has 2 N–H and O–H groups in total. The number of aliphatic hydroxyl groups is 2. The highest BCUT2D eigenvalue weighted by Crippen LogP contribution is 2.44. The summed E-state index contributed by atoms with van der Waals surface area (Å²) in [5.41, 5.74) is 3.62. The van der Waals surface area contributed by atoms with Gasteiger partial charge in [0.25, 0.3) is 0 Å². The topological polar surface area (TPSA) is 132 Å². The standard InChI is InChI=1S/C41H43NO9S/c1-3-27(4-2)42(41(47)48-25-33-31-21-13-11-19-29(31)30-20-12-14-22-32(30)33)23-35(44)50-37-36(45)34(24-43)49-40(52-28-17-9-6-10-18-28)38(37)51-39(46)26-15-7-5-8-16-26/h5-22,27,33-34,36-38,40,43,45H,3-4,23-25H2,1-2H3/t34-,36+,37+,38-,40+/m1/s1. The summed E-state index contributed by atoms with van der Waals surface area (Å²) in [6, 6.07) is 33.2. The van der Waals surface area contributed by atoms with Crippen molar-refractivity contribution >= 4 is 29.8 Å². The zero-order valence-corrected chi connectivity index (χ0v) is 29.9. The first-order chi connectivity index (χ1) is 25.3. The van der Waals surface area contributed by atoms with E-state index in [9.17, 15) is 24.6 Å². The summed E-state index contributed by atoms with van der Waals surface area (Å²) in [5, 5.41) is 21.5. The Balaban J connectivity index is 1.22. The number of fused-ring (bicyclic) bond motifs is 3. The number of rotatable bonds is 13. The van der Waals surface area contributed by atoms with Gasteiger partial charge in [-0.25, -0.2) is 9.59 Å². The van der Waals surface area contributed by atoms with Gasteiger partial charge in [0.1, 0.15) is 30.8 Å². The highest BCUT2D eigenvalue weighted by molar-refractivity contribution is 7.99. The van der Waals surface area contributed by atoms with Crippen LogP contribution in [0.2, 0.25) is 0 Å². The lowest BCUT2D eigenvalue weighted by Crippen LogP contribution is -2.60. The van der Waals surface area contributed by atoms with Crippen LogP contribution in [-0.4, -0.2) is 88.8 Å². The summed E-state index contributed by atoms with van der Waals surface area (Å²) in [6.07, 6.45) is -4.98. The Hall–Kier alpha value is -4.68. The number of ether oxygens (including phenoxy) is 4. The van der Waals surface area contributed by atoms with E-state index in [1.54, 1.807) is 30.3 Å². The number of hydrogen-bond donors (Lipinski definition) is 2. The third-order valence-corrected chi connectivity index (χ3v) is 10.7. The van der Waals surface area contributed by atoms with Crippen molar-refractivity contribution < 1.29 is 43.5 Å². The van der Waals surface area contributed by atoms with Crippen molar-refractivity contribution in [3.8, 4) is 11.1 Å². The fourth-order valence-electron chi connectivity index (χ4n) is 6.87. The van der Waals surface area contributed by atoms with Crippen LogP contribution in [0.25, 0.3) is 11.1 Å². The van der Waals surface area contributed by atoms with E-state index in [0.717, 1.165) is 27.1 Å². The molecule has 52 heavy (non-hydrogen) atoms. The number of carbonyl (C=O) groups is 3. The number of carbonyl (C=O) groups excluding carboxylic acids is 3. The predicted molar refractivity (Wildman–Crippen MR) is 196 cm³/mol. The molecule has 0 saturated carbocycles. The molecule has 0 aromatic heterocycles. The first-order valence-corrected chi connectivity index (χ1v) is 18.4. The summed E-state index contributed by atoms with van der Waals surface area (Å²) >= 11 is 1.20. The fourth-order valence-corrected chi connectivity index (χ4v) is 8.00. The number of amides is 1. The van der Waals surface area contributed by atoms with Gasteiger partial charge in [0.15, 0.2) is 12.2 Å². The Morgan fingerprint density at radius 1 is 0.788 bits per heavy atom. The number of esters is 2. The van der Waals surface area contributed by atoms with E-state index in [1.165, 1.54) is 16.7 Å². The minimum Gasteiger partial charge on any atom is -0.454 e. The van der Waals surface area contributed by atoms with E-state index >= 15 is 0 Å². The molecule has 0 spiro atoms. The summed E-state index contributed by atoms with van der Waals surface area (Å²) in [7, 11) is 0. The Morgan fingerprint density at radius 2 is 1.37 bits per heavy atom. The van der Waals surface area contributed by atoms with Crippen LogP contribution >= 0.6 is 11.8 Å². The highest BCUT2D eigenvalue weighted by Gasteiger charge is 2.50. The largest absolute Gasteiger partial charge is 0.454 e. The first kappa shape index (κ1) is 37.1.